The van der Waals surface area contributed by atoms with Gasteiger partial charge in [-0.25, -0.2) is 4.39 Å². The topological polar surface area (TPSA) is 63.5 Å². The van der Waals surface area contributed by atoms with Crippen LogP contribution in [0.25, 0.3) is 0 Å². The predicted molar refractivity (Wildman–Crippen MR) is 73.0 cm³/mol. The Morgan fingerprint density at radius 3 is 2.60 bits per heavy atom. The van der Waals surface area contributed by atoms with Crippen molar-refractivity contribution < 1.29 is 18.5 Å². The fourth-order valence-corrected chi connectivity index (χ4v) is 1.75. The maximum absolute atomic E-state index is 13.8. The summed E-state index contributed by atoms with van der Waals surface area (Å²) in [6.07, 6.45) is 0.612. The maximum Gasteiger partial charge on any atom is 0.308 e. The van der Waals surface area contributed by atoms with E-state index < -0.39 is 33.7 Å². The lowest BCUT2D eigenvalue weighted by Crippen LogP contribution is -2.29. The van der Waals surface area contributed by atoms with Gasteiger partial charge in [0.2, 0.25) is 5.82 Å². The van der Waals surface area contributed by atoms with E-state index in [2.05, 4.69) is 15.9 Å². The Morgan fingerprint density at radius 1 is 1.50 bits per heavy atom. The van der Waals surface area contributed by atoms with Gasteiger partial charge in [-0.3, -0.25) is 14.9 Å². The summed E-state index contributed by atoms with van der Waals surface area (Å²) in [5.74, 6) is -3.14. The Labute approximate surface area is 122 Å². The van der Waals surface area contributed by atoms with E-state index in [1.807, 2.05) is 6.92 Å². The van der Waals surface area contributed by atoms with E-state index in [0.717, 1.165) is 0 Å². The van der Waals surface area contributed by atoms with Gasteiger partial charge in [0.1, 0.15) is 5.82 Å². The molecule has 0 heterocycles. The number of nitro benzene ring substituents is 1. The third-order valence-electron chi connectivity index (χ3n) is 2.65. The van der Waals surface area contributed by atoms with Gasteiger partial charge in [-0.2, -0.15) is 4.39 Å². The predicted octanol–water partition coefficient (Wildman–Crippen LogP) is 3.12. The molecule has 0 radical (unpaired) electrons. The second-order valence-electron chi connectivity index (χ2n) is 4.34. The van der Waals surface area contributed by atoms with Gasteiger partial charge in [0.25, 0.3) is 5.91 Å². The molecule has 0 aliphatic heterocycles. The van der Waals surface area contributed by atoms with Crippen LogP contribution in [-0.2, 0) is 0 Å². The van der Waals surface area contributed by atoms with Crippen molar-refractivity contribution in [1.82, 2.24) is 4.90 Å². The van der Waals surface area contributed by atoms with Crippen molar-refractivity contribution >= 4 is 27.5 Å². The quantitative estimate of drug-likeness (QED) is 0.465. The molecule has 1 aromatic carbocycles. The molecule has 0 aliphatic carbocycles. The molecule has 0 spiro atoms. The van der Waals surface area contributed by atoms with E-state index in [1.165, 1.54) is 11.9 Å². The Kier molecular flexibility index (Phi) is 5.55. The van der Waals surface area contributed by atoms with Gasteiger partial charge in [-0.1, -0.05) is 22.9 Å². The Balaban J connectivity index is 3.07. The van der Waals surface area contributed by atoms with Crippen LogP contribution in [0.15, 0.2) is 12.1 Å². The zero-order valence-electron chi connectivity index (χ0n) is 10.9. The van der Waals surface area contributed by atoms with Gasteiger partial charge in [0.05, 0.1) is 16.6 Å². The molecule has 1 aromatic rings. The van der Waals surface area contributed by atoms with Crippen LogP contribution in [0.3, 0.4) is 0 Å². The minimum absolute atomic E-state index is 0.157. The van der Waals surface area contributed by atoms with E-state index in [-0.39, 0.29) is 4.83 Å². The maximum atomic E-state index is 13.8. The van der Waals surface area contributed by atoms with Gasteiger partial charge in [0.15, 0.2) is 0 Å². The number of nitrogens with zero attached hydrogens (tertiary/aromatic N) is 2. The van der Waals surface area contributed by atoms with E-state index in [0.29, 0.717) is 25.1 Å². The van der Waals surface area contributed by atoms with Gasteiger partial charge in [-0.05, 0) is 12.5 Å². The first-order valence-corrected chi connectivity index (χ1v) is 6.68. The summed E-state index contributed by atoms with van der Waals surface area (Å²) in [6.45, 7) is 2.20. The van der Waals surface area contributed by atoms with Crippen molar-refractivity contribution in [3.8, 4) is 0 Å². The second kappa shape index (κ2) is 6.74. The monoisotopic (exact) mass is 350 g/mol. The largest absolute Gasteiger partial charge is 0.342 e. The molecule has 0 fully saturated rings. The molecule has 8 heteroatoms. The number of rotatable bonds is 5. The lowest BCUT2D eigenvalue weighted by atomic mass is 10.1. The molecule has 20 heavy (non-hydrogen) atoms. The first kappa shape index (κ1) is 16.5. The number of alkyl halides is 1. The van der Waals surface area contributed by atoms with Crippen molar-refractivity contribution in [2.24, 2.45) is 0 Å². The number of nitro groups is 1. The Morgan fingerprint density at radius 2 is 2.10 bits per heavy atom. The van der Waals surface area contributed by atoms with Crippen molar-refractivity contribution in [2.45, 2.75) is 18.2 Å². The Bertz CT molecular complexity index is 538. The molecule has 1 rings (SSSR count). The summed E-state index contributed by atoms with van der Waals surface area (Å²) in [5.41, 5.74) is -1.68. The summed E-state index contributed by atoms with van der Waals surface area (Å²) in [5, 5.41) is 10.6. The number of carbonyl (C=O) groups is 1. The first-order valence-electron chi connectivity index (χ1n) is 5.77. The van der Waals surface area contributed by atoms with E-state index in [4.69, 9.17) is 0 Å². The molecule has 0 saturated heterocycles. The van der Waals surface area contributed by atoms with E-state index in [9.17, 15) is 23.7 Å². The summed E-state index contributed by atoms with van der Waals surface area (Å²) >= 11 is 3.30. The van der Waals surface area contributed by atoms with Crippen molar-refractivity contribution in [1.29, 1.82) is 0 Å². The molecule has 110 valence electrons. The smallest absolute Gasteiger partial charge is 0.308 e. The van der Waals surface area contributed by atoms with Crippen LogP contribution in [0.4, 0.5) is 14.5 Å². The van der Waals surface area contributed by atoms with Crippen LogP contribution in [0.5, 0.6) is 0 Å². The molecule has 5 nitrogen and oxygen atoms in total. The number of amides is 1. The van der Waals surface area contributed by atoms with Crippen molar-refractivity contribution in [3.05, 3.63) is 39.4 Å². The number of halogens is 3. The lowest BCUT2D eigenvalue weighted by Gasteiger charge is -2.18. The highest BCUT2D eigenvalue weighted by atomic mass is 79.9. The fraction of sp³-hybridized carbons (Fsp3) is 0.417. The highest BCUT2D eigenvalue weighted by molar-refractivity contribution is 9.09. The van der Waals surface area contributed by atoms with Crippen LogP contribution in [0.1, 0.15) is 23.7 Å². The number of carbonyl (C=O) groups excluding carboxylic acids is 1. The molecule has 1 atom stereocenters. The molecule has 0 N–H and O–H groups in total. The van der Waals surface area contributed by atoms with Crippen LogP contribution in [0.2, 0.25) is 0 Å². The lowest BCUT2D eigenvalue weighted by molar-refractivity contribution is -0.387. The van der Waals surface area contributed by atoms with Gasteiger partial charge < -0.3 is 4.90 Å². The highest BCUT2D eigenvalue weighted by Gasteiger charge is 2.25. The van der Waals surface area contributed by atoms with Crippen LogP contribution in [0, 0.1) is 21.7 Å². The minimum Gasteiger partial charge on any atom is -0.342 e. The normalized spacial score (nSPS) is 12.1. The SMILES string of the molecule is CC(Br)CCN(C)C(=O)c1cc(F)cc([N+](=O)[O-])c1F. The van der Waals surface area contributed by atoms with Crippen molar-refractivity contribution in [3.63, 3.8) is 0 Å². The molecule has 0 bridgehead atoms. The fourth-order valence-electron chi connectivity index (χ4n) is 1.54. The average Bonchev–Trinajstić information content (AvgIpc) is 2.36. The summed E-state index contributed by atoms with van der Waals surface area (Å²) in [7, 11) is 1.42. The number of benzene rings is 1. The molecule has 0 aliphatic rings. The first-order chi connectivity index (χ1) is 9.23. The second-order valence-corrected chi connectivity index (χ2v) is 5.90. The third-order valence-corrected chi connectivity index (χ3v) is 3.11. The van der Waals surface area contributed by atoms with E-state index >= 15 is 0 Å². The number of hydrogen-bond donors (Lipinski definition) is 0. The van der Waals surface area contributed by atoms with E-state index in [1.54, 1.807) is 0 Å². The minimum atomic E-state index is -1.32. The highest BCUT2D eigenvalue weighted by Crippen LogP contribution is 2.23. The number of hydrogen-bond acceptors (Lipinski definition) is 3. The molecular weight excluding hydrogens is 338 g/mol. The molecule has 1 amide bonds. The zero-order valence-corrected chi connectivity index (χ0v) is 12.5. The van der Waals surface area contributed by atoms with Crippen LogP contribution in [-0.4, -0.2) is 34.2 Å². The molecule has 1 unspecified atom stereocenters. The standard InChI is InChI=1S/C12H13BrF2N2O3/c1-7(13)3-4-16(2)12(18)9-5-8(14)6-10(11(9)15)17(19)20/h5-7H,3-4H2,1-2H3. The average molecular weight is 351 g/mol. The molecule has 0 saturated carbocycles. The summed E-state index contributed by atoms with van der Waals surface area (Å²) in [6, 6.07) is 1.12. The Hall–Kier alpha value is -1.57. The summed E-state index contributed by atoms with van der Waals surface area (Å²) in [4.78, 5) is 22.9. The van der Waals surface area contributed by atoms with Gasteiger partial charge >= 0.3 is 5.69 Å². The zero-order chi connectivity index (χ0) is 15.4. The van der Waals surface area contributed by atoms with Gasteiger partial charge in [-0.15, -0.1) is 0 Å². The summed E-state index contributed by atoms with van der Waals surface area (Å²) < 4.78 is 27.1. The van der Waals surface area contributed by atoms with Crippen LogP contribution >= 0.6 is 15.9 Å². The van der Waals surface area contributed by atoms with Crippen molar-refractivity contribution in [2.75, 3.05) is 13.6 Å². The molecular formula is C12H13BrF2N2O3. The molecule has 0 aromatic heterocycles. The van der Waals surface area contributed by atoms with Crippen LogP contribution < -0.4 is 0 Å². The third kappa shape index (κ3) is 3.96. The van der Waals surface area contributed by atoms with Gasteiger partial charge in [0, 0.05) is 18.4 Å².